The van der Waals surface area contributed by atoms with Crippen molar-refractivity contribution in [3.63, 3.8) is 0 Å². The Morgan fingerprint density at radius 2 is 0.862 bits per heavy atom. The summed E-state index contributed by atoms with van der Waals surface area (Å²) in [5.41, 5.74) is 16.1. The summed E-state index contributed by atoms with van der Waals surface area (Å²) in [6, 6.07) is 72.0. The average molecular weight is 740 g/mol. The van der Waals surface area contributed by atoms with Gasteiger partial charge in [-0.05, 0) is 93.0 Å². The molecule has 1 spiro atoms. The SMILES string of the molecule is N#Cc1ccc(-c2ccc3c(c2)C2(c4cc(-c5cccc(-c6cc(-c7ccccc7)nc(-c7ccccc7)n6)c5)ccc4O3)c3ccccc3-c3ccccc32)cc1. The van der Waals surface area contributed by atoms with E-state index in [2.05, 4.69) is 146 Å². The zero-order chi connectivity index (χ0) is 38.6. The zero-order valence-corrected chi connectivity index (χ0v) is 31.3. The van der Waals surface area contributed by atoms with Gasteiger partial charge in [0.25, 0.3) is 0 Å². The van der Waals surface area contributed by atoms with Gasteiger partial charge in [0, 0.05) is 27.8 Å². The van der Waals surface area contributed by atoms with Crippen LogP contribution in [0.5, 0.6) is 11.5 Å². The van der Waals surface area contributed by atoms with Crippen LogP contribution in [0.2, 0.25) is 0 Å². The lowest BCUT2D eigenvalue weighted by atomic mass is 9.65. The highest BCUT2D eigenvalue weighted by Gasteiger charge is 2.51. The molecule has 0 saturated carbocycles. The first-order valence-electron chi connectivity index (χ1n) is 19.4. The molecule has 2 aliphatic rings. The van der Waals surface area contributed by atoms with Gasteiger partial charge in [-0.2, -0.15) is 5.26 Å². The minimum Gasteiger partial charge on any atom is -0.457 e. The molecule has 0 fully saturated rings. The number of ether oxygens (including phenoxy) is 1. The summed E-state index contributed by atoms with van der Waals surface area (Å²) >= 11 is 0. The molecule has 0 saturated heterocycles. The maximum atomic E-state index is 9.49. The maximum absolute atomic E-state index is 9.49. The number of benzene rings is 8. The number of nitrogens with zero attached hydrogens (tertiary/aromatic N) is 3. The van der Waals surface area contributed by atoms with Crippen molar-refractivity contribution in [1.82, 2.24) is 9.97 Å². The van der Waals surface area contributed by atoms with E-state index in [1.807, 2.05) is 60.7 Å². The summed E-state index contributed by atoms with van der Waals surface area (Å²) in [6.07, 6.45) is 0. The minimum atomic E-state index is -0.645. The normalized spacial score (nSPS) is 12.7. The Bertz CT molecular complexity index is 2990. The Morgan fingerprint density at radius 1 is 0.379 bits per heavy atom. The van der Waals surface area contributed by atoms with E-state index < -0.39 is 5.41 Å². The molecule has 270 valence electrons. The van der Waals surface area contributed by atoms with Crippen LogP contribution in [0.15, 0.2) is 200 Å². The topological polar surface area (TPSA) is 58.8 Å². The van der Waals surface area contributed by atoms with Crippen LogP contribution in [-0.2, 0) is 5.41 Å². The molecule has 1 aliphatic carbocycles. The van der Waals surface area contributed by atoms with Crippen LogP contribution in [0, 0.1) is 11.3 Å². The Balaban J connectivity index is 1.10. The maximum Gasteiger partial charge on any atom is 0.160 e. The van der Waals surface area contributed by atoms with Crippen LogP contribution in [-0.4, -0.2) is 9.97 Å². The molecule has 0 N–H and O–H groups in total. The predicted molar refractivity (Wildman–Crippen MR) is 231 cm³/mol. The van der Waals surface area contributed by atoms with Crippen LogP contribution < -0.4 is 4.74 Å². The largest absolute Gasteiger partial charge is 0.457 e. The van der Waals surface area contributed by atoms with E-state index in [0.29, 0.717) is 11.4 Å². The molecule has 9 aromatic rings. The lowest BCUT2D eigenvalue weighted by molar-refractivity contribution is 0.436. The van der Waals surface area contributed by atoms with Crippen LogP contribution in [0.3, 0.4) is 0 Å². The van der Waals surface area contributed by atoms with Gasteiger partial charge >= 0.3 is 0 Å². The number of rotatable bonds is 5. The third kappa shape index (κ3) is 5.29. The van der Waals surface area contributed by atoms with Gasteiger partial charge < -0.3 is 4.74 Å². The smallest absolute Gasteiger partial charge is 0.160 e. The number of nitriles is 1. The average Bonchev–Trinajstić information content (AvgIpc) is 3.60. The van der Waals surface area contributed by atoms with Crippen molar-refractivity contribution >= 4 is 0 Å². The third-order valence-electron chi connectivity index (χ3n) is 11.6. The summed E-state index contributed by atoms with van der Waals surface area (Å²) in [5.74, 6) is 2.35. The first kappa shape index (κ1) is 33.5. The fourth-order valence-electron chi connectivity index (χ4n) is 8.93. The number of aromatic nitrogens is 2. The first-order chi connectivity index (χ1) is 28.7. The van der Waals surface area contributed by atoms with E-state index in [1.165, 1.54) is 22.3 Å². The lowest BCUT2D eigenvalue weighted by Crippen LogP contribution is -2.32. The van der Waals surface area contributed by atoms with Crippen molar-refractivity contribution in [2.45, 2.75) is 5.41 Å². The molecule has 1 aliphatic heterocycles. The minimum absolute atomic E-state index is 0.638. The molecule has 0 amide bonds. The molecule has 0 unspecified atom stereocenters. The number of hydrogen-bond donors (Lipinski definition) is 0. The quantitative estimate of drug-likeness (QED) is 0.176. The zero-order valence-electron chi connectivity index (χ0n) is 31.3. The molecule has 4 heteroatoms. The molecule has 2 heterocycles. The highest BCUT2D eigenvalue weighted by atomic mass is 16.5. The molecule has 58 heavy (non-hydrogen) atoms. The molecule has 0 radical (unpaired) electrons. The molecule has 4 nitrogen and oxygen atoms in total. The number of hydrogen-bond acceptors (Lipinski definition) is 4. The van der Waals surface area contributed by atoms with E-state index in [-0.39, 0.29) is 0 Å². The van der Waals surface area contributed by atoms with Gasteiger partial charge in [-0.3, -0.25) is 0 Å². The second-order valence-corrected chi connectivity index (χ2v) is 14.8. The summed E-state index contributed by atoms with van der Waals surface area (Å²) < 4.78 is 6.86. The highest BCUT2D eigenvalue weighted by molar-refractivity contribution is 5.90. The Morgan fingerprint density at radius 3 is 1.48 bits per heavy atom. The van der Waals surface area contributed by atoms with Crippen molar-refractivity contribution in [2.24, 2.45) is 0 Å². The van der Waals surface area contributed by atoms with Crippen molar-refractivity contribution in [2.75, 3.05) is 0 Å². The van der Waals surface area contributed by atoms with Gasteiger partial charge in [-0.1, -0.05) is 152 Å². The van der Waals surface area contributed by atoms with E-state index >= 15 is 0 Å². The summed E-state index contributed by atoms with van der Waals surface area (Å²) in [7, 11) is 0. The molecule has 8 aromatic carbocycles. The lowest BCUT2D eigenvalue weighted by Gasteiger charge is -2.40. The predicted octanol–water partition coefficient (Wildman–Crippen LogP) is 13.2. The van der Waals surface area contributed by atoms with Crippen molar-refractivity contribution in [3.8, 4) is 84.9 Å². The molecular formula is C54H33N3O. The van der Waals surface area contributed by atoms with Crippen LogP contribution in [0.25, 0.3) is 67.3 Å². The van der Waals surface area contributed by atoms with Gasteiger partial charge in [0.2, 0.25) is 0 Å². The third-order valence-corrected chi connectivity index (χ3v) is 11.6. The fraction of sp³-hybridized carbons (Fsp3) is 0.0185. The molecule has 0 bridgehead atoms. The van der Waals surface area contributed by atoms with Crippen molar-refractivity contribution in [3.05, 3.63) is 228 Å². The van der Waals surface area contributed by atoms with Gasteiger partial charge in [0.15, 0.2) is 5.82 Å². The van der Waals surface area contributed by atoms with Gasteiger partial charge in [0.05, 0.1) is 28.4 Å². The highest BCUT2D eigenvalue weighted by Crippen LogP contribution is 2.62. The second-order valence-electron chi connectivity index (χ2n) is 14.8. The monoisotopic (exact) mass is 739 g/mol. The van der Waals surface area contributed by atoms with E-state index in [0.717, 1.165) is 73.0 Å². The molecule has 1 aromatic heterocycles. The molecule has 11 rings (SSSR count). The second kappa shape index (κ2) is 13.4. The van der Waals surface area contributed by atoms with Gasteiger partial charge in [-0.15, -0.1) is 0 Å². The van der Waals surface area contributed by atoms with Crippen molar-refractivity contribution < 1.29 is 4.74 Å². The summed E-state index contributed by atoms with van der Waals surface area (Å²) in [4.78, 5) is 10.2. The van der Waals surface area contributed by atoms with Gasteiger partial charge in [0.1, 0.15) is 11.5 Å². The Labute approximate surface area is 337 Å². The van der Waals surface area contributed by atoms with Crippen LogP contribution >= 0.6 is 0 Å². The van der Waals surface area contributed by atoms with Crippen LogP contribution in [0.1, 0.15) is 27.8 Å². The van der Waals surface area contributed by atoms with E-state index in [1.54, 1.807) is 0 Å². The van der Waals surface area contributed by atoms with E-state index in [4.69, 9.17) is 14.7 Å². The first-order valence-corrected chi connectivity index (χ1v) is 19.4. The number of fused-ring (bicyclic) bond motifs is 9. The summed E-state index contributed by atoms with van der Waals surface area (Å²) in [5, 5.41) is 9.49. The molecule has 0 atom stereocenters. The van der Waals surface area contributed by atoms with Crippen LogP contribution in [0.4, 0.5) is 0 Å². The Hall–Kier alpha value is -7.87. The summed E-state index contributed by atoms with van der Waals surface area (Å²) in [6.45, 7) is 0. The fourth-order valence-corrected chi connectivity index (χ4v) is 8.93. The molecular weight excluding hydrogens is 707 g/mol. The van der Waals surface area contributed by atoms with E-state index in [9.17, 15) is 5.26 Å². The Kier molecular flexibility index (Phi) is 7.74. The standard InChI is InChI=1S/C54H33N3O/c55-34-35-22-24-36(25-23-35)40-26-28-51-47(31-40)54(45-20-9-7-18-43(45)44-19-8-10-21-46(44)54)48-32-41(27-29-52(48)58-51)39-16-11-17-42(30-39)50-33-49(37-12-3-1-4-13-37)56-53(57-50)38-14-5-2-6-15-38/h1-33H. The van der Waals surface area contributed by atoms with Crippen molar-refractivity contribution in [1.29, 1.82) is 5.26 Å². The van der Waals surface area contributed by atoms with Gasteiger partial charge in [-0.25, -0.2) is 9.97 Å².